The van der Waals surface area contributed by atoms with E-state index in [1.54, 1.807) is 11.3 Å². The van der Waals surface area contributed by atoms with Gasteiger partial charge in [-0.15, -0.1) is 0 Å². The van der Waals surface area contributed by atoms with Crippen molar-refractivity contribution in [2.24, 2.45) is 0 Å². The van der Waals surface area contributed by atoms with Crippen molar-refractivity contribution in [2.75, 3.05) is 18.1 Å². The normalized spacial score (nSPS) is 20.8. The monoisotopic (exact) mass is 234 g/mol. The summed E-state index contributed by atoms with van der Waals surface area (Å²) in [5, 5.41) is 10.4. The molecule has 0 radical (unpaired) electrons. The fourth-order valence-corrected chi connectivity index (χ4v) is 3.32. The molecular weight excluding hydrogens is 220 g/mol. The summed E-state index contributed by atoms with van der Waals surface area (Å²) in [6, 6.07) is 8.46. The SMILES string of the molecule is OCC1CCCN1c1nc2ccccc2s1. The first kappa shape index (κ1) is 10.1. The molecule has 0 amide bonds. The summed E-state index contributed by atoms with van der Waals surface area (Å²) in [5.41, 5.74) is 1.06. The first-order valence-electron chi connectivity index (χ1n) is 5.61. The summed E-state index contributed by atoms with van der Waals surface area (Å²) in [7, 11) is 0. The fourth-order valence-electron chi connectivity index (χ4n) is 2.26. The third-order valence-electron chi connectivity index (χ3n) is 3.12. The largest absolute Gasteiger partial charge is 0.394 e. The van der Waals surface area contributed by atoms with E-state index in [4.69, 9.17) is 0 Å². The van der Waals surface area contributed by atoms with Crippen LogP contribution in [0, 0.1) is 0 Å². The number of nitrogens with zero attached hydrogens (tertiary/aromatic N) is 2. The lowest BCUT2D eigenvalue weighted by Crippen LogP contribution is -2.31. The van der Waals surface area contributed by atoms with Crippen molar-refractivity contribution in [2.45, 2.75) is 18.9 Å². The van der Waals surface area contributed by atoms with Crippen LogP contribution >= 0.6 is 11.3 Å². The van der Waals surface area contributed by atoms with Gasteiger partial charge in [0.15, 0.2) is 5.13 Å². The van der Waals surface area contributed by atoms with Gasteiger partial charge in [0.2, 0.25) is 0 Å². The van der Waals surface area contributed by atoms with Gasteiger partial charge < -0.3 is 10.0 Å². The Kier molecular flexibility index (Phi) is 2.53. The Morgan fingerprint density at radius 3 is 3.12 bits per heavy atom. The molecule has 1 saturated heterocycles. The number of benzene rings is 1. The number of rotatable bonds is 2. The third-order valence-corrected chi connectivity index (χ3v) is 4.19. The van der Waals surface area contributed by atoms with Crippen LogP contribution in [0.2, 0.25) is 0 Å². The molecule has 0 saturated carbocycles. The van der Waals surface area contributed by atoms with Crippen molar-refractivity contribution in [3.05, 3.63) is 24.3 Å². The van der Waals surface area contributed by atoms with Gasteiger partial charge in [-0.2, -0.15) is 0 Å². The lowest BCUT2D eigenvalue weighted by molar-refractivity contribution is 0.266. The standard InChI is InChI=1S/C12H14N2OS/c15-8-9-4-3-7-14(9)12-13-10-5-1-2-6-11(10)16-12/h1-2,5-6,9,15H,3-4,7-8H2. The zero-order valence-electron chi connectivity index (χ0n) is 8.97. The third kappa shape index (κ3) is 1.58. The Morgan fingerprint density at radius 1 is 1.44 bits per heavy atom. The van der Waals surface area contributed by atoms with Crippen LogP contribution in [0.3, 0.4) is 0 Å². The molecule has 1 unspecified atom stereocenters. The van der Waals surface area contributed by atoms with E-state index in [1.165, 1.54) is 4.70 Å². The van der Waals surface area contributed by atoms with Crippen molar-refractivity contribution in [3.63, 3.8) is 0 Å². The van der Waals surface area contributed by atoms with Gasteiger partial charge in [-0.3, -0.25) is 0 Å². The molecule has 0 aliphatic carbocycles. The molecule has 2 aromatic rings. The molecule has 1 aliphatic rings. The van der Waals surface area contributed by atoms with Crippen molar-refractivity contribution < 1.29 is 5.11 Å². The molecule has 3 rings (SSSR count). The summed E-state index contributed by atoms with van der Waals surface area (Å²) >= 11 is 1.72. The van der Waals surface area contributed by atoms with Gasteiger partial charge in [-0.25, -0.2) is 4.98 Å². The van der Waals surface area contributed by atoms with E-state index in [0.29, 0.717) is 0 Å². The van der Waals surface area contributed by atoms with Crippen LogP contribution in [0.1, 0.15) is 12.8 Å². The maximum atomic E-state index is 9.31. The second-order valence-corrected chi connectivity index (χ2v) is 5.15. The summed E-state index contributed by atoms with van der Waals surface area (Å²) < 4.78 is 1.22. The van der Waals surface area contributed by atoms with Crippen LogP contribution < -0.4 is 4.90 Å². The smallest absolute Gasteiger partial charge is 0.186 e. The minimum absolute atomic E-state index is 0.232. The summed E-state index contributed by atoms with van der Waals surface area (Å²) in [5.74, 6) is 0. The van der Waals surface area contributed by atoms with Gasteiger partial charge in [0.05, 0.1) is 22.9 Å². The fraction of sp³-hybridized carbons (Fsp3) is 0.417. The van der Waals surface area contributed by atoms with E-state index < -0.39 is 0 Å². The zero-order chi connectivity index (χ0) is 11.0. The maximum absolute atomic E-state index is 9.31. The van der Waals surface area contributed by atoms with Gasteiger partial charge in [-0.05, 0) is 25.0 Å². The van der Waals surface area contributed by atoms with E-state index in [2.05, 4.69) is 16.0 Å². The van der Waals surface area contributed by atoms with Crippen molar-refractivity contribution in [1.82, 2.24) is 4.98 Å². The Balaban J connectivity index is 1.99. The molecule has 3 nitrogen and oxygen atoms in total. The minimum atomic E-state index is 0.232. The summed E-state index contributed by atoms with van der Waals surface area (Å²) in [6.45, 7) is 1.25. The molecule has 1 N–H and O–H groups in total. The average molecular weight is 234 g/mol. The number of anilines is 1. The number of aromatic nitrogens is 1. The average Bonchev–Trinajstić information content (AvgIpc) is 2.94. The van der Waals surface area contributed by atoms with Crippen LogP contribution in [-0.2, 0) is 0 Å². The molecule has 1 atom stereocenters. The van der Waals surface area contributed by atoms with E-state index in [1.807, 2.05) is 18.2 Å². The molecule has 84 valence electrons. The first-order chi connectivity index (χ1) is 7.88. The number of hydrogen-bond acceptors (Lipinski definition) is 4. The summed E-state index contributed by atoms with van der Waals surface area (Å²) in [6.07, 6.45) is 2.23. The lowest BCUT2D eigenvalue weighted by atomic mass is 10.2. The molecule has 0 bridgehead atoms. The Bertz CT molecular complexity index is 463. The molecule has 16 heavy (non-hydrogen) atoms. The van der Waals surface area contributed by atoms with E-state index >= 15 is 0 Å². The topological polar surface area (TPSA) is 36.4 Å². The van der Waals surface area contributed by atoms with Gasteiger partial charge >= 0.3 is 0 Å². The predicted octanol–water partition coefficient (Wildman–Crippen LogP) is 2.26. The number of hydrogen-bond donors (Lipinski definition) is 1. The van der Waals surface area contributed by atoms with Gasteiger partial charge in [0, 0.05) is 6.54 Å². The quantitative estimate of drug-likeness (QED) is 0.866. The number of aliphatic hydroxyl groups is 1. The van der Waals surface area contributed by atoms with E-state index in [9.17, 15) is 5.11 Å². The van der Waals surface area contributed by atoms with Crippen molar-refractivity contribution in [3.8, 4) is 0 Å². The summed E-state index contributed by atoms with van der Waals surface area (Å²) in [4.78, 5) is 6.87. The number of para-hydroxylation sites is 1. The van der Waals surface area contributed by atoms with Crippen molar-refractivity contribution >= 4 is 26.7 Å². The maximum Gasteiger partial charge on any atom is 0.186 e. The molecule has 4 heteroatoms. The molecule has 0 spiro atoms. The molecule has 1 aromatic heterocycles. The second-order valence-electron chi connectivity index (χ2n) is 4.14. The second kappa shape index (κ2) is 4.03. The molecule has 1 fully saturated rings. The predicted molar refractivity (Wildman–Crippen MR) is 67.1 cm³/mol. The number of aliphatic hydroxyl groups excluding tert-OH is 1. The lowest BCUT2D eigenvalue weighted by Gasteiger charge is -2.21. The first-order valence-corrected chi connectivity index (χ1v) is 6.43. The highest BCUT2D eigenvalue weighted by Crippen LogP contribution is 2.32. The molecular formula is C12H14N2OS. The Hall–Kier alpha value is -1.13. The molecule has 2 heterocycles. The van der Waals surface area contributed by atoms with Gasteiger partial charge in [-0.1, -0.05) is 23.5 Å². The molecule has 1 aliphatic heterocycles. The van der Waals surface area contributed by atoms with Crippen LogP contribution in [0.4, 0.5) is 5.13 Å². The number of thiazole rings is 1. The van der Waals surface area contributed by atoms with E-state index in [-0.39, 0.29) is 12.6 Å². The highest BCUT2D eigenvalue weighted by Gasteiger charge is 2.26. The molecule has 1 aromatic carbocycles. The van der Waals surface area contributed by atoms with Crippen molar-refractivity contribution in [1.29, 1.82) is 0 Å². The van der Waals surface area contributed by atoms with Crippen LogP contribution in [0.25, 0.3) is 10.2 Å². The van der Waals surface area contributed by atoms with E-state index in [0.717, 1.165) is 30.0 Å². The number of fused-ring (bicyclic) bond motifs is 1. The Labute approximate surface area is 98.3 Å². The minimum Gasteiger partial charge on any atom is -0.394 e. The van der Waals surface area contributed by atoms with Gasteiger partial charge in [0.1, 0.15) is 0 Å². The Morgan fingerprint density at radius 2 is 2.31 bits per heavy atom. The van der Waals surface area contributed by atoms with Crippen LogP contribution in [0.15, 0.2) is 24.3 Å². The highest BCUT2D eigenvalue weighted by atomic mass is 32.1. The van der Waals surface area contributed by atoms with Crippen LogP contribution in [0.5, 0.6) is 0 Å². The highest BCUT2D eigenvalue weighted by molar-refractivity contribution is 7.22. The zero-order valence-corrected chi connectivity index (χ0v) is 9.78. The van der Waals surface area contributed by atoms with Crippen LogP contribution in [-0.4, -0.2) is 29.3 Å². The van der Waals surface area contributed by atoms with Gasteiger partial charge in [0.25, 0.3) is 0 Å².